The lowest BCUT2D eigenvalue weighted by Gasteiger charge is -2.29. The van der Waals surface area contributed by atoms with Gasteiger partial charge in [0.15, 0.2) is 0 Å². The zero-order valence-electron chi connectivity index (χ0n) is 12.8. The van der Waals surface area contributed by atoms with Crippen molar-refractivity contribution in [1.29, 1.82) is 0 Å². The first-order valence-electron chi connectivity index (χ1n) is 7.98. The van der Waals surface area contributed by atoms with Gasteiger partial charge < -0.3 is 10.6 Å². The van der Waals surface area contributed by atoms with Gasteiger partial charge >= 0.3 is 0 Å². The minimum absolute atomic E-state index is 0.444. The molecular weight excluding hydrogens is 258 g/mol. The van der Waals surface area contributed by atoms with E-state index in [0.29, 0.717) is 6.04 Å². The zero-order chi connectivity index (χ0) is 14.7. The third-order valence-corrected chi connectivity index (χ3v) is 4.58. The van der Waals surface area contributed by atoms with Gasteiger partial charge in [-0.2, -0.15) is 0 Å². The summed E-state index contributed by atoms with van der Waals surface area (Å²) in [5.41, 5.74) is 8.43. The molecular formula is C18H25N3. The van der Waals surface area contributed by atoms with E-state index >= 15 is 0 Å². The summed E-state index contributed by atoms with van der Waals surface area (Å²) in [5, 5.41) is 1.23. The number of aromatic nitrogens is 1. The van der Waals surface area contributed by atoms with Crippen LogP contribution in [0, 0.1) is 5.92 Å². The number of benzene rings is 1. The fourth-order valence-electron chi connectivity index (χ4n) is 3.41. The first-order valence-corrected chi connectivity index (χ1v) is 7.98. The highest BCUT2D eigenvalue weighted by Gasteiger charge is 2.19. The molecule has 0 atom stereocenters. The SMILES string of the molecule is CN(Cc1ccc2ncccc2c1)CC1CCC(N)CC1. The standard InChI is InChI=1S/C18H25N3/c1-21(12-14-4-7-17(19)8-5-14)13-15-6-9-18-16(11-15)3-2-10-20-18/h2-3,6,9-11,14,17H,4-5,7-8,12-13,19H2,1H3. The molecule has 1 aromatic carbocycles. The van der Waals surface area contributed by atoms with Gasteiger partial charge in [-0.05, 0) is 62.4 Å². The summed E-state index contributed by atoms with van der Waals surface area (Å²) in [5.74, 6) is 0.817. The molecule has 0 amide bonds. The van der Waals surface area contributed by atoms with E-state index in [0.717, 1.165) is 18.0 Å². The van der Waals surface area contributed by atoms with Gasteiger partial charge in [-0.3, -0.25) is 4.98 Å². The number of rotatable bonds is 4. The maximum absolute atomic E-state index is 5.98. The highest BCUT2D eigenvalue weighted by molar-refractivity contribution is 5.78. The minimum Gasteiger partial charge on any atom is -0.328 e. The Balaban J connectivity index is 1.59. The lowest BCUT2D eigenvalue weighted by molar-refractivity contribution is 0.219. The van der Waals surface area contributed by atoms with E-state index in [1.54, 1.807) is 0 Å². The molecule has 1 fully saturated rings. The van der Waals surface area contributed by atoms with Crippen LogP contribution >= 0.6 is 0 Å². The Hall–Kier alpha value is -1.45. The van der Waals surface area contributed by atoms with Crippen molar-refractivity contribution < 1.29 is 0 Å². The number of fused-ring (bicyclic) bond motifs is 1. The highest BCUT2D eigenvalue weighted by Crippen LogP contribution is 2.24. The van der Waals surface area contributed by atoms with Crippen LogP contribution < -0.4 is 5.73 Å². The summed E-state index contributed by atoms with van der Waals surface area (Å²) in [4.78, 5) is 6.82. The smallest absolute Gasteiger partial charge is 0.0702 e. The maximum atomic E-state index is 5.98. The summed E-state index contributed by atoms with van der Waals surface area (Å²) < 4.78 is 0. The molecule has 0 bridgehead atoms. The normalized spacial score (nSPS) is 22.8. The molecule has 3 nitrogen and oxygen atoms in total. The summed E-state index contributed by atoms with van der Waals surface area (Å²) in [6.45, 7) is 2.19. The van der Waals surface area contributed by atoms with Gasteiger partial charge in [0.05, 0.1) is 5.52 Å². The molecule has 1 aliphatic rings. The van der Waals surface area contributed by atoms with Crippen LogP contribution in [0.15, 0.2) is 36.5 Å². The van der Waals surface area contributed by atoms with Crippen LogP contribution in [0.3, 0.4) is 0 Å². The molecule has 1 aliphatic carbocycles. The third-order valence-electron chi connectivity index (χ3n) is 4.58. The van der Waals surface area contributed by atoms with Gasteiger partial charge in [0.2, 0.25) is 0 Å². The molecule has 2 aromatic rings. The number of nitrogens with zero attached hydrogens (tertiary/aromatic N) is 2. The Labute approximate surface area is 127 Å². The predicted octanol–water partition coefficient (Wildman–Crippen LogP) is 3.18. The number of pyridine rings is 1. The Bertz CT molecular complexity index is 588. The molecule has 0 unspecified atom stereocenters. The van der Waals surface area contributed by atoms with Gasteiger partial charge in [0, 0.05) is 30.7 Å². The van der Waals surface area contributed by atoms with Crippen LogP contribution in [0.2, 0.25) is 0 Å². The lowest BCUT2D eigenvalue weighted by atomic mass is 9.86. The van der Waals surface area contributed by atoms with Crippen molar-refractivity contribution in [2.75, 3.05) is 13.6 Å². The number of hydrogen-bond donors (Lipinski definition) is 1. The van der Waals surface area contributed by atoms with Crippen molar-refractivity contribution in [2.45, 2.75) is 38.3 Å². The summed E-state index contributed by atoms with van der Waals surface area (Å²) in [7, 11) is 2.22. The van der Waals surface area contributed by atoms with Crippen molar-refractivity contribution in [3.05, 3.63) is 42.1 Å². The minimum atomic E-state index is 0.444. The van der Waals surface area contributed by atoms with Gasteiger partial charge in [-0.15, -0.1) is 0 Å². The Morgan fingerprint density at radius 2 is 2.00 bits per heavy atom. The molecule has 3 heteroatoms. The van der Waals surface area contributed by atoms with E-state index in [4.69, 9.17) is 5.73 Å². The molecule has 0 aliphatic heterocycles. The van der Waals surface area contributed by atoms with Crippen LogP contribution in [0.4, 0.5) is 0 Å². The monoisotopic (exact) mass is 283 g/mol. The average Bonchev–Trinajstić information content (AvgIpc) is 2.49. The van der Waals surface area contributed by atoms with Crippen molar-refractivity contribution in [2.24, 2.45) is 11.7 Å². The van der Waals surface area contributed by atoms with E-state index in [-0.39, 0.29) is 0 Å². The van der Waals surface area contributed by atoms with Gasteiger partial charge in [-0.1, -0.05) is 12.1 Å². The topological polar surface area (TPSA) is 42.2 Å². The van der Waals surface area contributed by atoms with Crippen molar-refractivity contribution >= 4 is 10.9 Å². The molecule has 1 heterocycles. The van der Waals surface area contributed by atoms with Crippen molar-refractivity contribution in [3.63, 3.8) is 0 Å². The Morgan fingerprint density at radius 1 is 1.19 bits per heavy atom. The fraction of sp³-hybridized carbons (Fsp3) is 0.500. The van der Waals surface area contributed by atoms with Crippen LogP contribution in [-0.4, -0.2) is 29.5 Å². The lowest BCUT2D eigenvalue weighted by Crippen LogP contribution is -2.32. The first-order chi connectivity index (χ1) is 10.2. The van der Waals surface area contributed by atoms with E-state index in [1.165, 1.54) is 43.2 Å². The quantitative estimate of drug-likeness (QED) is 0.937. The summed E-state index contributed by atoms with van der Waals surface area (Å²) >= 11 is 0. The predicted molar refractivity (Wildman–Crippen MR) is 88.0 cm³/mol. The zero-order valence-corrected chi connectivity index (χ0v) is 12.8. The average molecular weight is 283 g/mol. The van der Waals surface area contributed by atoms with E-state index in [9.17, 15) is 0 Å². The fourth-order valence-corrected chi connectivity index (χ4v) is 3.41. The van der Waals surface area contributed by atoms with Gasteiger partial charge in [-0.25, -0.2) is 0 Å². The third kappa shape index (κ3) is 3.80. The Kier molecular flexibility index (Phi) is 4.51. The molecule has 112 valence electrons. The van der Waals surface area contributed by atoms with Crippen molar-refractivity contribution in [3.8, 4) is 0 Å². The Morgan fingerprint density at radius 3 is 2.81 bits per heavy atom. The second kappa shape index (κ2) is 6.54. The van der Waals surface area contributed by atoms with Crippen LogP contribution in [0.1, 0.15) is 31.2 Å². The van der Waals surface area contributed by atoms with E-state index in [2.05, 4.69) is 41.2 Å². The largest absolute Gasteiger partial charge is 0.328 e. The molecule has 1 saturated carbocycles. The molecule has 0 radical (unpaired) electrons. The maximum Gasteiger partial charge on any atom is 0.0702 e. The molecule has 3 rings (SSSR count). The molecule has 21 heavy (non-hydrogen) atoms. The van der Waals surface area contributed by atoms with Crippen LogP contribution in [0.5, 0.6) is 0 Å². The van der Waals surface area contributed by atoms with Crippen molar-refractivity contribution in [1.82, 2.24) is 9.88 Å². The molecule has 0 saturated heterocycles. The molecule has 2 N–H and O–H groups in total. The van der Waals surface area contributed by atoms with E-state index < -0.39 is 0 Å². The summed E-state index contributed by atoms with van der Waals surface area (Å²) in [6, 6.07) is 11.2. The first kappa shape index (κ1) is 14.5. The second-order valence-electron chi connectivity index (χ2n) is 6.51. The molecule has 0 spiro atoms. The van der Waals surface area contributed by atoms with Crippen LogP contribution in [-0.2, 0) is 6.54 Å². The van der Waals surface area contributed by atoms with Gasteiger partial charge in [0.1, 0.15) is 0 Å². The van der Waals surface area contributed by atoms with Crippen LogP contribution in [0.25, 0.3) is 10.9 Å². The second-order valence-corrected chi connectivity index (χ2v) is 6.51. The van der Waals surface area contributed by atoms with E-state index in [1.807, 2.05) is 12.3 Å². The number of hydrogen-bond acceptors (Lipinski definition) is 3. The number of nitrogens with two attached hydrogens (primary N) is 1. The highest BCUT2D eigenvalue weighted by atomic mass is 15.1. The summed E-state index contributed by atoms with van der Waals surface area (Å²) in [6.07, 6.45) is 6.81. The molecule has 1 aromatic heterocycles. The van der Waals surface area contributed by atoms with Gasteiger partial charge in [0.25, 0.3) is 0 Å².